The summed E-state index contributed by atoms with van der Waals surface area (Å²) >= 11 is 0. The number of aliphatic imine (C=N–C) groups is 1. The van der Waals surface area contributed by atoms with E-state index in [2.05, 4.69) is 41.2 Å². The monoisotopic (exact) mass is 412 g/mol. The zero-order chi connectivity index (χ0) is 17.4. The molecule has 6 heteroatoms. The second-order valence-corrected chi connectivity index (χ2v) is 6.57. The van der Waals surface area contributed by atoms with Gasteiger partial charge in [-0.2, -0.15) is 0 Å². The summed E-state index contributed by atoms with van der Waals surface area (Å²) in [7, 11) is 1.70. The van der Waals surface area contributed by atoms with Gasteiger partial charge in [-0.05, 0) is 57.0 Å². The average Bonchev–Trinajstić information content (AvgIpc) is 2.63. The van der Waals surface area contributed by atoms with Crippen LogP contribution in [-0.4, -0.2) is 43.6 Å². The number of piperidine rings is 1. The molecule has 0 bridgehead atoms. The van der Waals surface area contributed by atoms with Crippen molar-refractivity contribution in [1.29, 1.82) is 0 Å². The molecule has 0 amide bonds. The van der Waals surface area contributed by atoms with Crippen LogP contribution in [-0.2, 0) is 0 Å². The Hall–Kier alpha value is -1.27. The van der Waals surface area contributed by atoms with E-state index >= 15 is 0 Å². The lowest BCUT2D eigenvalue weighted by atomic mass is 10.0. The quantitative estimate of drug-likeness (QED) is 0.531. The lowest BCUT2D eigenvalue weighted by molar-refractivity contribution is 0.167. The van der Waals surface area contributed by atoms with Gasteiger partial charge in [0.15, 0.2) is 5.96 Å². The molecule has 0 spiro atoms. The number of hydrogen-bond acceptors (Lipinski definition) is 3. The fourth-order valence-electron chi connectivity index (χ4n) is 3.07. The van der Waals surface area contributed by atoms with E-state index in [0.29, 0.717) is 18.5 Å². The number of nitrogens with one attached hydrogen (secondary N) is 1. The molecule has 25 heavy (non-hydrogen) atoms. The summed E-state index contributed by atoms with van der Waals surface area (Å²) in [4.78, 5) is 7.15. The van der Waals surface area contributed by atoms with Crippen LogP contribution in [0.3, 0.4) is 0 Å². The molecule has 2 unspecified atom stereocenters. The average molecular weight is 413 g/mol. The van der Waals surface area contributed by atoms with Crippen LogP contribution in [0.1, 0.15) is 51.1 Å². The van der Waals surface area contributed by atoms with E-state index in [1.165, 1.54) is 24.8 Å². The molecule has 3 N–H and O–H groups in total. The zero-order valence-electron chi connectivity index (χ0n) is 15.7. The van der Waals surface area contributed by atoms with E-state index in [-0.39, 0.29) is 23.0 Å². The summed E-state index contributed by atoms with van der Waals surface area (Å²) in [5.41, 5.74) is 7.33. The van der Waals surface area contributed by atoms with Crippen LogP contribution in [0.15, 0.2) is 29.3 Å². The first-order valence-corrected chi connectivity index (χ1v) is 9.08. The van der Waals surface area contributed by atoms with Gasteiger partial charge in [-0.3, -0.25) is 9.89 Å². The third-order valence-electron chi connectivity index (χ3n) is 4.77. The van der Waals surface area contributed by atoms with E-state index in [0.717, 1.165) is 25.3 Å². The standard InChI is InChI=1S/C19H32N4O.BrH/c1-4-15(2)22-19(20)21-14-18(23-12-6-5-7-13-23)16-8-10-17(24-3)11-9-16;/h8-11,15,18H,4-7,12-14H2,1-3H3,(H3,20,21,22);1H. The van der Waals surface area contributed by atoms with Gasteiger partial charge in [-0.1, -0.05) is 25.5 Å². The Morgan fingerprint density at radius 1 is 1.24 bits per heavy atom. The highest BCUT2D eigenvalue weighted by Gasteiger charge is 2.22. The van der Waals surface area contributed by atoms with Crippen LogP contribution in [0.2, 0.25) is 0 Å². The van der Waals surface area contributed by atoms with E-state index in [4.69, 9.17) is 10.5 Å². The van der Waals surface area contributed by atoms with Crippen LogP contribution in [0.5, 0.6) is 5.75 Å². The first-order chi connectivity index (χ1) is 11.6. The van der Waals surface area contributed by atoms with E-state index in [1.54, 1.807) is 7.11 Å². The summed E-state index contributed by atoms with van der Waals surface area (Å²) in [5.74, 6) is 1.43. The molecule has 0 radical (unpaired) electrons. The molecule has 1 saturated heterocycles. The van der Waals surface area contributed by atoms with Crippen molar-refractivity contribution < 1.29 is 4.74 Å². The normalized spacial score (nSPS) is 18.1. The van der Waals surface area contributed by atoms with Crippen molar-refractivity contribution in [2.75, 3.05) is 26.7 Å². The topological polar surface area (TPSA) is 62.9 Å². The number of rotatable bonds is 7. The Bertz CT molecular complexity index is 515. The predicted molar refractivity (Wildman–Crippen MR) is 111 cm³/mol. The molecular formula is C19H33BrN4O. The number of ether oxygens (including phenoxy) is 1. The maximum absolute atomic E-state index is 6.05. The lowest BCUT2D eigenvalue weighted by Crippen LogP contribution is -2.40. The van der Waals surface area contributed by atoms with Crippen molar-refractivity contribution in [2.24, 2.45) is 10.7 Å². The van der Waals surface area contributed by atoms with Gasteiger partial charge in [0.05, 0.1) is 19.7 Å². The third kappa shape index (κ3) is 6.86. The van der Waals surface area contributed by atoms with Crippen molar-refractivity contribution in [1.82, 2.24) is 10.2 Å². The molecule has 2 atom stereocenters. The fourth-order valence-corrected chi connectivity index (χ4v) is 3.07. The maximum Gasteiger partial charge on any atom is 0.188 e. The van der Waals surface area contributed by atoms with Gasteiger partial charge in [0.1, 0.15) is 5.75 Å². The lowest BCUT2D eigenvalue weighted by Gasteiger charge is -2.34. The van der Waals surface area contributed by atoms with Crippen LogP contribution in [0.25, 0.3) is 0 Å². The van der Waals surface area contributed by atoms with Gasteiger partial charge in [0.25, 0.3) is 0 Å². The van der Waals surface area contributed by atoms with Gasteiger partial charge in [-0.25, -0.2) is 0 Å². The number of halogens is 1. The molecule has 1 aromatic carbocycles. The molecule has 0 aliphatic carbocycles. The number of guanidine groups is 1. The number of methoxy groups -OCH3 is 1. The molecular weight excluding hydrogens is 380 g/mol. The number of hydrogen-bond donors (Lipinski definition) is 2. The predicted octanol–water partition coefficient (Wildman–Crippen LogP) is 3.50. The Balaban J connectivity index is 0.00000312. The summed E-state index contributed by atoms with van der Waals surface area (Å²) in [5, 5.41) is 3.25. The van der Waals surface area contributed by atoms with Gasteiger partial charge < -0.3 is 15.8 Å². The first-order valence-electron chi connectivity index (χ1n) is 9.08. The zero-order valence-corrected chi connectivity index (χ0v) is 17.4. The number of nitrogens with two attached hydrogens (primary N) is 1. The van der Waals surface area contributed by atoms with Crippen molar-refractivity contribution >= 4 is 22.9 Å². The molecule has 1 fully saturated rings. The van der Waals surface area contributed by atoms with Gasteiger partial charge >= 0.3 is 0 Å². The van der Waals surface area contributed by atoms with Gasteiger partial charge in [0, 0.05) is 6.04 Å². The highest BCUT2D eigenvalue weighted by atomic mass is 79.9. The van der Waals surface area contributed by atoms with Crippen LogP contribution in [0.4, 0.5) is 0 Å². The Morgan fingerprint density at radius 2 is 1.88 bits per heavy atom. The largest absolute Gasteiger partial charge is 0.497 e. The summed E-state index contributed by atoms with van der Waals surface area (Å²) in [6.07, 6.45) is 4.88. The molecule has 1 heterocycles. The van der Waals surface area contributed by atoms with E-state index < -0.39 is 0 Å². The second-order valence-electron chi connectivity index (χ2n) is 6.57. The van der Waals surface area contributed by atoms with Gasteiger partial charge in [0.2, 0.25) is 0 Å². The first kappa shape index (κ1) is 21.8. The molecule has 1 aromatic rings. The number of benzene rings is 1. The van der Waals surface area contributed by atoms with Gasteiger partial charge in [-0.15, -0.1) is 17.0 Å². The van der Waals surface area contributed by atoms with Crippen LogP contribution < -0.4 is 15.8 Å². The molecule has 0 saturated carbocycles. The molecule has 5 nitrogen and oxygen atoms in total. The molecule has 2 rings (SSSR count). The van der Waals surface area contributed by atoms with Crippen LogP contribution >= 0.6 is 17.0 Å². The minimum absolute atomic E-state index is 0. The molecule has 1 aliphatic heterocycles. The van der Waals surface area contributed by atoms with Crippen LogP contribution in [0, 0.1) is 0 Å². The van der Waals surface area contributed by atoms with Crippen molar-refractivity contribution in [2.45, 2.75) is 51.6 Å². The number of nitrogens with zero attached hydrogens (tertiary/aromatic N) is 2. The van der Waals surface area contributed by atoms with E-state index in [9.17, 15) is 0 Å². The minimum Gasteiger partial charge on any atom is -0.497 e. The molecule has 1 aliphatic rings. The third-order valence-corrected chi connectivity index (χ3v) is 4.77. The SMILES string of the molecule is Br.CCC(C)NC(N)=NCC(c1ccc(OC)cc1)N1CCCCC1. The Kier molecular flexibility index (Phi) is 9.90. The van der Waals surface area contributed by atoms with E-state index in [1.807, 2.05) is 12.1 Å². The van der Waals surface area contributed by atoms with Crippen molar-refractivity contribution in [3.63, 3.8) is 0 Å². The highest BCUT2D eigenvalue weighted by molar-refractivity contribution is 8.93. The van der Waals surface area contributed by atoms with Crippen molar-refractivity contribution in [3.05, 3.63) is 29.8 Å². The molecule has 142 valence electrons. The minimum atomic E-state index is 0. The Morgan fingerprint density at radius 3 is 2.44 bits per heavy atom. The highest BCUT2D eigenvalue weighted by Crippen LogP contribution is 2.26. The summed E-state index contributed by atoms with van der Waals surface area (Å²) < 4.78 is 5.28. The fraction of sp³-hybridized carbons (Fsp3) is 0.632. The summed E-state index contributed by atoms with van der Waals surface area (Å²) in [6.45, 7) is 7.20. The number of likely N-dealkylation sites (tertiary alicyclic amines) is 1. The molecule has 0 aromatic heterocycles. The maximum atomic E-state index is 6.05. The van der Waals surface area contributed by atoms with Crippen molar-refractivity contribution in [3.8, 4) is 5.75 Å². The second kappa shape index (κ2) is 11.4. The Labute approximate surface area is 162 Å². The smallest absolute Gasteiger partial charge is 0.188 e. The summed E-state index contributed by atoms with van der Waals surface area (Å²) in [6, 6.07) is 8.96.